The fraction of sp³-hybridized carbons (Fsp3) is 0.500. The van der Waals surface area contributed by atoms with E-state index >= 15 is 0 Å². The molecule has 8 N–H and O–H groups in total. The van der Waals surface area contributed by atoms with E-state index in [0.29, 0.717) is 0 Å². The second kappa shape index (κ2) is 26.9. The van der Waals surface area contributed by atoms with Crippen LogP contribution in [-0.4, -0.2) is 126 Å². The highest BCUT2D eigenvalue weighted by molar-refractivity contribution is 5.34. The van der Waals surface area contributed by atoms with Gasteiger partial charge in [-0.15, -0.1) is 0 Å². The Morgan fingerprint density at radius 3 is 0.922 bits per heavy atom. The van der Waals surface area contributed by atoms with Crippen molar-refractivity contribution in [3.63, 3.8) is 0 Å². The van der Waals surface area contributed by atoms with Crippen molar-refractivity contribution < 1.29 is 59.8 Å². The van der Waals surface area contributed by atoms with Gasteiger partial charge in [-0.25, -0.2) is 0 Å². The summed E-state index contributed by atoms with van der Waals surface area (Å²) in [4.78, 5) is 0. The first kappa shape index (κ1) is 56.3. The maximum absolute atomic E-state index is 10.7. The lowest BCUT2D eigenvalue weighted by Gasteiger charge is -2.41. The molecule has 0 radical (unpaired) electrons. The van der Waals surface area contributed by atoms with Gasteiger partial charge in [-0.3, -0.25) is 0 Å². The monoisotopic (exact) mass is 893 g/mol. The second-order valence-electron chi connectivity index (χ2n) is 17.8. The van der Waals surface area contributed by atoms with Crippen LogP contribution in [0.4, 0.5) is 0 Å². The molecule has 2 heterocycles. The summed E-state index contributed by atoms with van der Waals surface area (Å²) in [6, 6.07) is 0. The third-order valence-electron chi connectivity index (χ3n) is 10.3. The maximum Gasteiger partial charge on any atom is 0.187 e. The van der Waals surface area contributed by atoms with Crippen molar-refractivity contribution in [2.24, 2.45) is 0 Å². The molecule has 0 unspecified atom stereocenters. The Labute approximate surface area is 381 Å². The zero-order valence-corrected chi connectivity index (χ0v) is 39.7. The Morgan fingerprint density at radius 1 is 0.406 bits per heavy atom. The zero-order valence-electron chi connectivity index (χ0n) is 39.7. The van der Waals surface area contributed by atoms with Crippen molar-refractivity contribution in [2.45, 2.75) is 168 Å². The van der Waals surface area contributed by atoms with Gasteiger partial charge in [0.15, 0.2) is 12.6 Å². The first-order valence-corrected chi connectivity index (χ1v) is 21.7. The minimum absolute atomic E-state index is 0.754. The summed E-state index contributed by atoms with van der Waals surface area (Å²) in [5.41, 5.74) is 3.42. The average molecular weight is 893 g/mol. The van der Waals surface area contributed by atoms with Crippen molar-refractivity contribution in [1.82, 2.24) is 0 Å². The van der Waals surface area contributed by atoms with Gasteiger partial charge in [0.25, 0.3) is 0 Å². The van der Waals surface area contributed by atoms with E-state index in [1.165, 1.54) is 0 Å². The van der Waals surface area contributed by atoms with Gasteiger partial charge in [0.2, 0.25) is 0 Å². The molecule has 2 aliphatic rings. The highest BCUT2D eigenvalue weighted by atomic mass is 16.7. The van der Waals surface area contributed by atoms with Crippen molar-refractivity contribution >= 4 is 0 Å². The molecule has 0 spiro atoms. The number of aliphatic hydroxyl groups excluding tert-OH is 6. The molecule has 2 rings (SSSR count). The first-order valence-electron chi connectivity index (χ1n) is 21.7. The van der Waals surface area contributed by atoms with Crippen LogP contribution in [0.1, 0.15) is 83.1 Å². The van der Waals surface area contributed by atoms with Crippen LogP contribution in [-0.2, 0) is 18.9 Å². The molecule has 12 atom stereocenters. The lowest BCUT2D eigenvalue weighted by Crippen LogP contribution is -2.58. The Morgan fingerprint density at radius 2 is 0.656 bits per heavy atom. The zero-order chi connectivity index (χ0) is 48.4. The summed E-state index contributed by atoms with van der Waals surface area (Å²) in [5, 5.41) is 82.2. The number of allylic oxidation sites excluding steroid dienone is 24. The van der Waals surface area contributed by atoms with Crippen LogP contribution in [0.2, 0.25) is 0 Å². The molecule has 0 aromatic rings. The van der Waals surface area contributed by atoms with E-state index in [1.54, 1.807) is 65.8 Å². The number of rotatable bonds is 20. The normalized spacial score (nSPS) is 30.5. The van der Waals surface area contributed by atoms with Crippen LogP contribution >= 0.6 is 0 Å². The maximum atomic E-state index is 10.7. The molecule has 0 amide bonds. The van der Waals surface area contributed by atoms with Crippen LogP contribution < -0.4 is 0 Å². The van der Waals surface area contributed by atoms with Crippen LogP contribution in [0, 0.1) is 0 Å². The quantitative estimate of drug-likeness (QED) is 0.0617. The topological polar surface area (TPSA) is 199 Å². The van der Waals surface area contributed by atoms with E-state index in [1.807, 2.05) is 139 Å². The first-order chi connectivity index (χ1) is 29.8. The van der Waals surface area contributed by atoms with Crippen molar-refractivity contribution in [2.75, 3.05) is 0 Å². The molecule has 0 bridgehead atoms. The predicted octanol–water partition coefficient (Wildman–Crippen LogP) is 6.52. The van der Waals surface area contributed by atoms with E-state index < -0.39 is 84.8 Å². The van der Waals surface area contributed by atoms with E-state index in [4.69, 9.17) is 18.9 Å². The van der Waals surface area contributed by atoms with Gasteiger partial charge in [0.05, 0.1) is 23.4 Å². The lowest BCUT2D eigenvalue weighted by atomic mass is 9.98. The van der Waals surface area contributed by atoms with Gasteiger partial charge < -0.3 is 59.8 Å². The van der Waals surface area contributed by atoms with Crippen LogP contribution in [0.5, 0.6) is 0 Å². The predicted molar refractivity (Wildman–Crippen MR) is 254 cm³/mol. The Bertz CT molecular complexity index is 1740. The minimum Gasteiger partial charge on any atom is -0.388 e. The van der Waals surface area contributed by atoms with Crippen LogP contribution in [0.25, 0.3) is 0 Å². The summed E-state index contributed by atoms with van der Waals surface area (Å²) >= 11 is 0. The molecule has 2 aliphatic heterocycles. The standard InChI is InChI=1S/C52H76O12/c1-33(21-15-23-35(3)25-17-27-37(5)29-31-41(51(9,10)59)63-49-47(57)45(55)43(53)39(7)61-49)19-13-14-20-34(2)22-16-24-36(4)26-18-28-38(6)30-32-42(52(11,12)60)64-50-48(58)46(56)44(54)40(8)62-50/h13-32,39-50,53-60H,1-12H3/b14-13+,21-15+,22-16+,25-17+,26-18+,31-29+,32-30+,33-19+,34-20+,35-23+,36-24+,37-27+,38-28+/t39-,40-,41-,42-,43+,44+,45+,46+,47-,48-,49-,50-/m0/s1. The SMILES string of the molecule is CC(/C=C/C=C(C)/C=C/C=C(C)/C=C/[C@H](O[C@@H]1O[C@@H](C)[C@@H](O)[C@@H](O)[C@@H]1O)C(C)(C)O)=C\C=C\C=C(C)\C=C\C=C(C)\C=C\C=C(C)\C=C\[C@H](O[C@@H]1O[C@@H](C)[C@@H](O)[C@@H](O)[C@@H]1O)C(C)(C)O. The molecule has 2 fully saturated rings. The fourth-order valence-electron chi connectivity index (χ4n) is 6.07. The lowest BCUT2D eigenvalue weighted by molar-refractivity contribution is -0.309. The molecule has 12 heteroatoms. The second-order valence-corrected chi connectivity index (χ2v) is 17.8. The molecule has 0 saturated carbocycles. The van der Waals surface area contributed by atoms with Gasteiger partial charge >= 0.3 is 0 Å². The van der Waals surface area contributed by atoms with Crippen molar-refractivity contribution in [3.8, 4) is 0 Å². The van der Waals surface area contributed by atoms with Gasteiger partial charge in [0, 0.05) is 0 Å². The van der Waals surface area contributed by atoms with Gasteiger partial charge in [-0.05, 0) is 83.1 Å². The van der Waals surface area contributed by atoms with Crippen molar-refractivity contribution in [3.05, 3.63) is 155 Å². The number of aliphatic hydroxyl groups is 8. The fourth-order valence-corrected chi connectivity index (χ4v) is 6.07. The van der Waals surface area contributed by atoms with E-state index in [-0.39, 0.29) is 0 Å². The number of hydrogen-bond donors (Lipinski definition) is 8. The minimum atomic E-state index is -1.47. The van der Waals surface area contributed by atoms with Crippen LogP contribution in [0.3, 0.4) is 0 Å². The molecule has 64 heavy (non-hydrogen) atoms. The molecule has 0 aromatic heterocycles. The molecular formula is C52H76O12. The Balaban J connectivity index is 1.89. The summed E-state index contributed by atoms with van der Waals surface area (Å²) < 4.78 is 22.8. The van der Waals surface area contributed by atoms with E-state index in [2.05, 4.69) is 0 Å². The summed E-state index contributed by atoms with van der Waals surface area (Å²) in [6.45, 7) is 21.3. The van der Waals surface area contributed by atoms with E-state index in [0.717, 1.165) is 33.4 Å². The molecule has 2 saturated heterocycles. The average Bonchev–Trinajstić information content (AvgIpc) is 3.20. The number of ether oxygens (including phenoxy) is 4. The molecule has 12 nitrogen and oxygen atoms in total. The number of hydrogen-bond acceptors (Lipinski definition) is 12. The molecule has 0 aromatic carbocycles. The molecular weight excluding hydrogens is 817 g/mol. The largest absolute Gasteiger partial charge is 0.388 e. The smallest absolute Gasteiger partial charge is 0.187 e. The van der Waals surface area contributed by atoms with Gasteiger partial charge in [-0.1, -0.05) is 155 Å². The Kier molecular flexibility index (Phi) is 23.7. The molecule has 356 valence electrons. The third-order valence-corrected chi connectivity index (χ3v) is 10.3. The van der Waals surface area contributed by atoms with E-state index in [9.17, 15) is 40.9 Å². The third kappa shape index (κ3) is 20.1. The van der Waals surface area contributed by atoms with Crippen LogP contribution in [0.15, 0.2) is 155 Å². The summed E-state index contributed by atoms with van der Waals surface area (Å²) in [7, 11) is 0. The highest BCUT2D eigenvalue weighted by Gasteiger charge is 2.45. The summed E-state index contributed by atoms with van der Waals surface area (Å²) in [5.74, 6) is 0. The van der Waals surface area contributed by atoms with Gasteiger partial charge in [-0.2, -0.15) is 0 Å². The summed E-state index contributed by atoms with van der Waals surface area (Å²) in [6.07, 6.45) is 24.7. The van der Waals surface area contributed by atoms with Gasteiger partial charge in [0.1, 0.15) is 48.8 Å². The Hall–Kier alpha value is -3.86. The highest BCUT2D eigenvalue weighted by Crippen LogP contribution is 2.28. The molecule has 0 aliphatic carbocycles. The van der Waals surface area contributed by atoms with Crippen molar-refractivity contribution in [1.29, 1.82) is 0 Å².